The molecule has 2 aliphatic rings. The third-order valence-electron chi connectivity index (χ3n) is 4.18. The molecule has 15 heavy (non-hydrogen) atoms. The lowest BCUT2D eigenvalue weighted by Crippen LogP contribution is -2.53. The summed E-state index contributed by atoms with van der Waals surface area (Å²) in [5.41, 5.74) is 5.89. The second-order valence-electron chi connectivity index (χ2n) is 5.19. The van der Waals surface area contributed by atoms with Gasteiger partial charge in [0, 0.05) is 32.2 Å². The first-order chi connectivity index (χ1) is 7.31. The van der Waals surface area contributed by atoms with Crippen molar-refractivity contribution in [3.05, 3.63) is 0 Å². The standard InChI is InChI=1S/C12H25N3/c1-14-6-8-15(9-7-14)12-5-3-2-4-11(12)10-13/h11-12H,2-10,13H2,1H3. The van der Waals surface area contributed by atoms with E-state index in [9.17, 15) is 0 Å². The lowest BCUT2D eigenvalue weighted by Gasteiger charge is -2.43. The van der Waals surface area contributed by atoms with E-state index in [1.807, 2.05) is 0 Å². The molecule has 0 aromatic heterocycles. The molecule has 0 amide bonds. The number of hydrogen-bond acceptors (Lipinski definition) is 3. The Morgan fingerprint density at radius 1 is 1.07 bits per heavy atom. The molecular weight excluding hydrogens is 186 g/mol. The number of piperazine rings is 1. The molecule has 88 valence electrons. The second kappa shape index (κ2) is 5.28. The molecule has 0 aromatic rings. The summed E-state index contributed by atoms with van der Waals surface area (Å²) in [6.07, 6.45) is 5.54. The molecule has 3 heteroatoms. The van der Waals surface area contributed by atoms with E-state index < -0.39 is 0 Å². The third kappa shape index (κ3) is 2.71. The predicted molar refractivity (Wildman–Crippen MR) is 63.9 cm³/mol. The van der Waals surface area contributed by atoms with Crippen LogP contribution in [-0.4, -0.2) is 55.6 Å². The third-order valence-corrected chi connectivity index (χ3v) is 4.18. The minimum absolute atomic E-state index is 0.766. The maximum Gasteiger partial charge on any atom is 0.0137 e. The summed E-state index contributed by atoms with van der Waals surface area (Å²) in [5, 5.41) is 0. The SMILES string of the molecule is CN1CCN(C2CCCCC2CN)CC1. The molecule has 0 bridgehead atoms. The summed E-state index contributed by atoms with van der Waals surface area (Å²) in [7, 11) is 2.22. The molecular formula is C12H25N3. The Kier molecular flexibility index (Phi) is 4.00. The van der Waals surface area contributed by atoms with Gasteiger partial charge in [-0.2, -0.15) is 0 Å². The fourth-order valence-corrected chi connectivity index (χ4v) is 3.10. The van der Waals surface area contributed by atoms with E-state index in [-0.39, 0.29) is 0 Å². The first-order valence-corrected chi connectivity index (χ1v) is 6.44. The summed E-state index contributed by atoms with van der Waals surface area (Å²) < 4.78 is 0. The molecule has 1 aliphatic heterocycles. The fourth-order valence-electron chi connectivity index (χ4n) is 3.10. The van der Waals surface area contributed by atoms with E-state index in [0.717, 1.165) is 18.5 Å². The Morgan fingerprint density at radius 3 is 2.40 bits per heavy atom. The molecule has 0 spiro atoms. The topological polar surface area (TPSA) is 32.5 Å². The Bertz CT molecular complexity index is 187. The normalized spacial score (nSPS) is 35.6. The zero-order valence-electron chi connectivity index (χ0n) is 9.99. The van der Waals surface area contributed by atoms with Crippen LogP contribution in [0.4, 0.5) is 0 Å². The van der Waals surface area contributed by atoms with E-state index in [2.05, 4.69) is 16.8 Å². The van der Waals surface area contributed by atoms with Gasteiger partial charge in [0.1, 0.15) is 0 Å². The van der Waals surface area contributed by atoms with Crippen molar-refractivity contribution in [3.63, 3.8) is 0 Å². The highest BCUT2D eigenvalue weighted by Crippen LogP contribution is 2.28. The average Bonchev–Trinajstić information content (AvgIpc) is 2.30. The van der Waals surface area contributed by atoms with Crippen LogP contribution in [0, 0.1) is 5.92 Å². The van der Waals surface area contributed by atoms with E-state index in [4.69, 9.17) is 5.73 Å². The summed E-state index contributed by atoms with van der Waals surface area (Å²) in [4.78, 5) is 5.12. The van der Waals surface area contributed by atoms with E-state index in [0.29, 0.717) is 0 Å². The average molecular weight is 211 g/mol. The van der Waals surface area contributed by atoms with E-state index >= 15 is 0 Å². The Hall–Kier alpha value is -0.120. The van der Waals surface area contributed by atoms with Gasteiger partial charge in [-0.15, -0.1) is 0 Å². The molecule has 0 aromatic carbocycles. The van der Waals surface area contributed by atoms with Crippen LogP contribution >= 0.6 is 0 Å². The molecule has 2 N–H and O–H groups in total. The van der Waals surface area contributed by atoms with Crippen molar-refractivity contribution in [2.75, 3.05) is 39.8 Å². The lowest BCUT2D eigenvalue weighted by atomic mass is 9.83. The van der Waals surface area contributed by atoms with Crippen LogP contribution in [0.25, 0.3) is 0 Å². The summed E-state index contributed by atoms with van der Waals surface area (Å²) in [6.45, 7) is 5.84. The highest BCUT2D eigenvalue weighted by Gasteiger charge is 2.30. The van der Waals surface area contributed by atoms with Crippen molar-refractivity contribution >= 4 is 0 Å². The summed E-state index contributed by atoms with van der Waals surface area (Å²) in [5.74, 6) is 0.766. The van der Waals surface area contributed by atoms with Gasteiger partial charge in [0.05, 0.1) is 0 Å². The minimum Gasteiger partial charge on any atom is -0.330 e. The number of nitrogens with zero attached hydrogens (tertiary/aromatic N) is 2. The van der Waals surface area contributed by atoms with Crippen molar-refractivity contribution in [1.82, 2.24) is 9.80 Å². The van der Waals surface area contributed by atoms with Gasteiger partial charge in [-0.3, -0.25) is 4.90 Å². The zero-order valence-corrected chi connectivity index (χ0v) is 9.99. The molecule has 1 heterocycles. The summed E-state index contributed by atoms with van der Waals surface area (Å²) in [6, 6.07) is 0.789. The molecule has 1 aliphatic carbocycles. The second-order valence-corrected chi connectivity index (χ2v) is 5.19. The Morgan fingerprint density at radius 2 is 1.73 bits per heavy atom. The van der Waals surface area contributed by atoms with Gasteiger partial charge in [-0.1, -0.05) is 12.8 Å². The van der Waals surface area contributed by atoms with Gasteiger partial charge in [0.15, 0.2) is 0 Å². The molecule has 1 saturated heterocycles. The van der Waals surface area contributed by atoms with E-state index in [1.165, 1.54) is 51.9 Å². The van der Waals surface area contributed by atoms with Gasteiger partial charge >= 0.3 is 0 Å². The predicted octanol–water partition coefficient (Wildman–Crippen LogP) is 0.751. The molecule has 2 atom stereocenters. The van der Waals surface area contributed by atoms with Crippen molar-refractivity contribution < 1.29 is 0 Å². The molecule has 2 unspecified atom stereocenters. The van der Waals surface area contributed by atoms with Crippen LogP contribution in [0.15, 0.2) is 0 Å². The number of likely N-dealkylation sites (N-methyl/N-ethyl adjacent to an activating group) is 1. The smallest absolute Gasteiger partial charge is 0.0137 e. The largest absolute Gasteiger partial charge is 0.330 e. The zero-order chi connectivity index (χ0) is 10.7. The number of rotatable bonds is 2. The van der Waals surface area contributed by atoms with Crippen LogP contribution in [-0.2, 0) is 0 Å². The summed E-state index contributed by atoms with van der Waals surface area (Å²) >= 11 is 0. The fraction of sp³-hybridized carbons (Fsp3) is 1.00. The maximum absolute atomic E-state index is 5.89. The molecule has 2 rings (SSSR count). The van der Waals surface area contributed by atoms with Crippen molar-refractivity contribution in [2.45, 2.75) is 31.7 Å². The number of nitrogens with two attached hydrogens (primary N) is 1. The van der Waals surface area contributed by atoms with Crippen molar-refractivity contribution in [1.29, 1.82) is 0 Å². The van der Waals surface area contributed by atoms with Gasteiger partial charge in [-0.05, 0) is 32.4 Å². The quantitative estimate of drug-likeness (QED) is 0.731. The van der Waals surface area contributed by atoms with Crippen LogP contribution in [0.3, 0.4) is 0 Å². The maximum atomic E-state index is 5.89. The lowest BCUT2D eigenvalue weighted by molar-refractivity contribution is 0.0606. The molecule has 2 fully saturated rings. The van der Waals surface area contributed by atoms with E-state index in [1.54, 1.807) is 0 Å². The van der Waals surface area contributed by atoms with Gasteiger partial charge in [0.25, 0.3) is 0 Å². The molecule has 1 saturated carbocycles. The number of hydrogen-bond donors (Lipinski definition) is 1. The Balaban J connectivity index is 1.90. The molecule has 0 radical (unpaired) electrons. The monoisotopic (exact) mass is 211 g/mol. The first-order valence-electron chi connectivity index (χ1n) is 6.44. The Labute approximate surface area is 93.6 Å². The van der Waals surface area contributed by atoms with Gasteiger partial charge < -0.3 is 10.6 Å². The van der Waals surface area contributed by atoms with Crippen molar-refractivity contribution in [2.24, 2.45) is 11.7 Å². The van der Waals surface area contributed by atoms with Crippen LogP contribution in [0.2, 0.25) is 0 Å². The minimum atomic E-state index is 0.766. The van der Waals surface area contributed by atoms with Crippen LogP contribution in [0.1, 0.15) is 25.7 Å². The van der Waals surface area contributed by atoms with Gasteiger partial charge in [0.2, 0.25) is 0 Å². The highest BCUT2D eigenvalue weighted by atomic mass is 15.3. The van der Waals surface area contributed by atoms with Crippen LogP contribution < -0.4 is 5.73 Å². The van der Waals surface area contributed by atoms with Crippen LogP contribution in [0.5, 0.6) is 0 Å². The highest BCUT2D eigenvalue weighted by molar-refractivity contribution is 4.86. The van der Waals surface area contributed by atoms with Crippen molar-refractivity contribution in [3.8, 4) is 0 Å². The first kappa shape index (κ1) is 11.4. The molecule has 3 nitrogen and oxygen atoms in total. The van der Waals surface area contributed by atoms with Gasteiger partial charge in [-0.25, -0.2) is 0 Å².